The van der Waals surface area contributed by atoms with Crippen LogP contribution < -0.4 is 0 Å². The van der Waals surface area contributed by atoms with Crippen molar-refractivity contribution < 1.29 is 14.3 Å². The van der Waals surface area contributed by atoms with E-state index < -0.39 is 5.97 Å². The van der Waals surface area contributed by atoms with Gasteiger partial charge in [0.1, 0.15) is 4.88 Å². The predicted molar refractivity (Wildman–Crippen MR) is 76.4 cm³/mol. The Kier molecular flexibility index (Phi) is 5.76. The topological polar surface area (TPSA) is 46.6 Å². The highest BCUT2D eigenvalue weighted by Gasteiger charge is 2.16. The van der Waals surface area contributed by atoms with Crippen molar-refractivity contribution in [2.45, 2.75) is 20.8 Å². The molecule has 0 unspecified atom stereocenters. The number of nitrogens with zero attached hydrogens (tertiary/aromatic N) is 1. The molecule has 0 aromatic carbocycles. The second kappa shape index (κ2) is 7.09. The minimum Gasteiger partial charge on any atom is -0.451 e. The summed E-state index contributed by atoms with van der Waals surface area (Å²) in [6.07, 6.45) is 0. The lowest BCUT2D eigenvalue weighted by atomic mass is 10.3. The molecule has 0 aliphatic heterocycles. The highest BCUT2D eigenvalue weighted by Crippen LogP contribution is 2.15. The maximum absolute atomic E-state index is 11.9. The van der Waals surface area contributed by atoms with Crippen LogP contribution in [-0.4, -0.2) is 36.5 Å². The van der Waals surface area contributed by atoms with Gasteiger partial charge < -0.3 is 9.64 Å². The number of hydrogen-bond acceptors (Lipinski definition) is 4. The van der Waals surface area contributed by atoms with Crippen LogP contribution in [0.2, 0.25) is 0 Å². The van der Waals surface area contributed by atoms with E-state index in [0.29, 0.717) is 18.0 Å². The number of hydrogen-bond donors (Lipinski definition) is 0. The van der Waals surface area contributed by atoms with Gasteiger partial charge in [-0.05, 0) is 32.9 Å². The first-order valence-electron chi connectivity index (χ1n) is 6.09. The van der Waals surface area contributed by atoms with E-state index in [4.69, 9.17) is 4.74 Å². The molecule has 1 amide bonds. The highest BCUT2D eigenvalue weighted by atomic mass is 32.1. The summed E-state index contributed by atoms with van der Waals surface area (Å²) in [5, 5.41) is 0. The first kappa shape index (κ1) is 15.4. The summed E-state index contributed by atoms with van der Waals surface area (Å²) < 4.78 is 5.02. The van der Waals surface area contributed by atoms with E-state index in [9.17, 15) is 9.59 Å². The van der Waals surface area contributed by atoms with Gasteiger partial charge in [0.25, 0.3) is 5.91 Å². The minimum atomic E-state index is -0.446. The van der Waals surface area contributed by atoms with Crippen molar-refractivity contribution >= 4 is 23.2 Å². The lowest BCUT2D eigenvalue weighted by Crippen LogP contribution is -2.35. The molecule has 0 atom stereocenters. The zero-order chi connectivity index (χ0) is 14.4. The summed E-state index contributed by atoms with van der Waals surface area (Å²) in [5.74, 6) is -0.648. The summed E-state index contributed by atoms with van der Waals surface area (Å²) in [6.45, 7) is 10.3. The predicted octanol–water partition coefficient (Wildman–Crippen LogP) is 2.64. The van der Waals surface area contributed by atoms with Crippen LogP contribution in [0.15, 0.2) is 24.3 Å². The van der Waals surface area contributed by atoms with E-state index in [0.717, 1.165) is 10.5 Å². The third kappa shape index (κ3) is 4.87. The number of esters is 1. The van der Waals surface area contributed by atoms with E-state index >= 15 is 0 Å². The number of carbonyl (C=O) groups is 2. The van der Waals surface area contributed by atoms with Crippen LogP contribution in [-0.2, 0) is 9.53 Å². The number of amides is 1. The molecule has 0 aliphatic carbocycles. The smallest absolute Gasteiger partial charge is 0.348 e. The fraction of sp³-hybridized carbons (Fsp3) is 0.429. The van der Waals surface area contributed by atoms with Crippen LogP contribution in [0.5, 0.6) is 0 Å². The molecule has 1 aromatic heterocycles. The van der Waals surface area contributed by atoms with Gasteiger partial charge in [-0.3, -0.25) is 4.79 Å². The van der Waals surface area contributed by atoms with Gasteiger partial charge in [0.2, 0.25) is 0 Å². The van der Waals surface area contributed by atoms with Crippen LogP contribution in [0.25, 0.3) is 0 Å². The van der Waals surface area contributed by atoms with Crippen molar-refractivity contribution in [1.82, 2.24) is 4.90 Å². The Morgan fingerprint density at radius 2 is 2.11 bits per heavy atom. The Balaban J connectivity index is 2.49. The molecule has 0 fully saturated rings. The fourth-order valence-electron chi connectivity index (χ4n) is 1.54. The zero-order valence-corrected chi connectivity index (χ0v) is 12.4. The van der Waals surface area contributed by atoms with Gasteiger partial charge in [-0.25, -0.2) is 4.79 Å². The molecule has 104 valence electrons. The SMILES string of the molecule is C=C(C)CN(CC)C(=O)COC(=O)c1ccc(C)s1. The first-order valence-corrected chi connectivity index (χ1v) is 6.91. The quantitative estimate of drug-likeness (QED) is 0.595. The lowest BCUT2D eigenvalue weighted by molar-refractivity contribution is -0.133. The molecule has 19 heavy (non-hydrogen) atoms. The fourth-order valence-corrected chi connectivity index (χ4v) is 2.30. The molecule has 4 nitrogen and oxygen atoms in total. The zero-order valence-electron chi connectivity index (χ0n) is 11.6. The van der Waals surface area contributed by atoms with Gasteiger partial charge in [0.05, 0.1) is 0 Å². The maximum Gasteiger partial charge on any atom is 0.348 e. The van der Waals surface area contributed by atoms with E-state index in [-0.39, 0.29) is 12.5 Å². The number of aryl methyl sites for hydroxylation is 1. The largest absolute Gasteiger partial charge is 0.451 e. The van der Waals surface area contributed by atoms with Gasteiger partial charge in [-0.2, -0.15) is 0 Å². The molecular formula is C14H19NO3S. The first-order chi connectivity index (χ1) is 8.93. The number of carbonyl (C=O) groups excluding carboxylic acids is 2. The summed E-state index contributed by atoms with van der Waals surface area (Å²) in [4.78, 5) is 26.7. The molecule has 0 saturated heterocycles. The molecule has 0 saturated carbocycles. The van der Waals surface area contributed by atoms with Crippen molar-refractivity contribution in [2.24, 2.45) is 0 Å². The van der Waals surface area contributed by atoms with E-state index in [1.807, 2.05) is 26.8 Å². The van der Waals surface area contributed by atoms with E-state index in [1.165, 1.54) is 11.3 Å². The summed E-state index contributed by atoms with van der Waals surface area (Å²) >= 11 is 1.36. The molecule has 1 heterocycles. The number of likely N-dealkylation sites (N-methyl/N-ethyl adjacent to an activating group) is 1. The Morgan fingerprint density at radius 3 is 2.58 bits per heavy atom. The number of rotatable bonds is 6. The molecule has 1 aromatic rings. The second-order valence-corrected chi connectivity index (χ2v) is 5.64. The van der Waals surface area contributed by atoms with Gasteiger partial charge in [0.15, 0.2) is 6.61 Å². The molecule has 0 bridgehead atoms. The van der Waals surface area contributed by atoms with Crippen molar-refractivity contribution in [2.75, 3.05) is 19.7 Å². The van der Waals surface area contributed by atoms with E-state index in [1.54, 1.807) is 11.0 Å². The van der Waals surface area contributed by atoms with Gasteiger partial charge in [0, 0.05) is 18.0 Å². The Labute approximate surface area is 117 Å². The van der Waals surface area contributed by atoms with Crippen molar-refractivity contribution in [3.63, 3.8) is 0 Å². The monoisotopic (exact) mass is 281 g/mol. The van der Waals surface area contributed by atoms with Crippen LogP contribution in [0, 0.1) is 6.92 Å². The third-order valence-corrected chi connectivity index (χ3v) is 3.44. The van der Waals surface area contributed by atoms with Gasteiger partial charge in [-0.1, -0.05) is 12.2 Å². The number of thiophene rings is 1. The van der Waals surface area contributed by atoms with E-state index in [2.05, 4.69) is 6.58 Å². The summed E-state index contributed by atoms with van der Waals surface area (Å²) in [6, 6.07) is 3.56. The molecule has 1 rings (SSSR count). The summed E-state index contributed by atoms with van der Waals surface area (Å²) in [7, 11) is 0. The minimum absolute atomic E-state index is 0.202. The van der Waals surface area contributed by atoms with Gasteiger partial charge >= 0.3 is 5.97 Å². The van der Waals surface area contributed by atoms with Crippen molar-refractivity contribution in [1.29, 1.82) is 0 Å². The molecular weight excluding hydrogens is 262 g/mol. The molecule has 0 radical (unpaired) electrons. The van der Waals surface area contributed by atoms with Crippen LogP contribution in [0.1, 0.15) is 28.4 Å². The maximum atomic E-state index is 11.9. The lowest BCUT2D eigenvalue weighted by Gasteiger charge is -2.20. The third-order valence-electron chi connectivity index (χ3n) is 2.46. The Morgan fingerprint density at radius 1 is 1.42 bits per heavy atom. The van der Waals surface area contributed by atoms with Crippen molar-refractivity contribution in [3.8, 4) is 0 Å². The van der Waals surface area contributed by atoms with Crippen LogP contribution in [0.3, 0.4) is 0 Å². The summed E-state index contributed by atoms with van der Waals surface area (Å²) in [5.41, 5.74) is 0.899. The van der Waals surface area contributed by atoms with Crippen LogP contribution >= 0.6 is 11.3 Å². The Hall–Kier alpha value is -1.62. The Bertz CT molecular complexity index is 479. The van der Waals surface area contributed by atoms with Crippen molar-refractivity contribution in [3.05, 3.63) is 34.0 Å². The highest BCUT2D eigenvalue weighted by molar-refractivity contribution is 7.13. The molecule has 5 heteroatoms. The average molecular weight is 281 g/mol. The average Bonchev–Trinajstić information content (AvgIpc) is 2.79. The van der Waals surface area contributed by atoms with Crippen LogP contribution in [0.4, 0.5) is 0 Å². The standard InChI is InChI=1S/C14H19NO3S/c1-5-15(8-10(2)3)13(16)9-18-14(17)12-7-6-11(4)19-12/h6-7H,2,5,8-9H2,1,3-4H3. The van der Waals surface area contributed by atoms with Gasteiger partial charge in [-0.15, -0.1) is 11.3 Å². The number of ether oxygens (including phenoxy) is 1. The normalized spacial score (nSPS) is 10.1. The molecule has 0 spiro atoms. The molecule has 0 aliphatic rings. The second-order valence-electron chi connectivity index (χ2n) is 4.35. The molecule has 0 N–H and O–H groups in total.